The van der Waals surface area contributed by atoms with Crippen LogP contribution in [0, 0.1) is 0 Å². The summed E-state index contributed by atoms with van der Waals surface area (Å²) in [6.45, 7) is 0. The first-order valence-electron chi connectivity index (χ1n) is 20.9. The quantitative estimate of drug-likeness (QED) is 0.161. The third-order valence-electron chi connectivity index (χ3n) is 11.9. The Morgan fingerprint density at radius 3 is 1.21 bits per heavy atom. The summed E-state index contributed by atoms with van der Waals surface area (Å²) in [5.74, 6) is 0.645. The number of rotatable bonds is 7. The molecule has 4 nitrogen and oxygen atoms in total. The summed E-state index contributed by atoms with van der Waals surface area (Å²) in [5, 5.41) is 4.35. The van der Waals surface area contributed by atoms with Crippen molar-refractivity contribution in [3.63, 3.8) is 0 Å². The van der Waals surface area contributed by atoms with E-state index in [9.17, 15) is 0 Å². The van der Waals surface area contributed by atoms with E-state index in [1.54, 1.807) is 0 Å². The van der Waals surface area contributed by atoms with Gasteiger partial charge in [-0.05, 0) is 111 Å². The average molecular weight is 793 g/mol. The van der Waals surface area contributed by atoms with Gasteiger partial charge in [-0.2, -0.15) is 0 Å². The third kappa shape index (κ3) is 6.42. The summed E-state index contributed by atoms with van der Waals surface area (Å²) < 4.78 is 12.5. The van der Waals surface area contributed by atoms with E-state index in [-0.39, 0.29) is 0 Å². The Hall–Kier alpha value is -8.34. The molecular weight excluding hydrogens is 757 g/mol. The molecule has 12 aromatic rings. The molecule has 0 unspecified atom stereocenters. The second kappa shape index (κ2) is 14.7. The molecule has 0 saturated heterocycles. The van der Waals surface area contributed by atoms with Crippen molar-refractivity contribution < 1.29 is 8.83 Å². The lowest BCUT2D eigenvalue weighted by atomic mass is 9.94. The van der Waals surface area contributed by atoms with Crippen molar-refractivity contribution in [1.29, 1.82) is 0 Å². The molecule has 3 heterocycles. The highest BCUT2D eigenvalue weighted by molar-refractivity contribution is 6.07. The number of aromatic nitrogens is 2. The highest BCUT2D eigenvalue weighted by Crippen LogP contribution is 2.39. The van der Waals surface area contributed by atoms with Crippen LogP contribution in [0.25, 0.3) is 122 Å². The molecule has 4 heteroatoms. The van der Waals surface area contributed by atoms with Gasteiger partial charge >= 0.3 is 0 Å². The van der Waals surface area contributed by atoms with Gasteiger partial charge in [0, 0.05) is 38.2 Å². The molecule has 0 aliphatic rings. The molecule has 0 aliphatic heterocycles. The topological polar surface area (TPSA) is 52.1 Å². The van der Waals surface area contributed by atoms with E-state index in [0.29, 0.717) is 5.82 Å². The summed E-state index contributed by atoms with van der Waals surface area (Å²) in [6.07, 6.45) is 0. The van der Waals surface area contributed by atoms with Gasteiger partial charge in [-0.15, -0.1) is 0 Å². The van der Waals surface area contributed by atoms with Crippen LogP contribution >= 0.6 is 0 Å². The van der Waals surface area contributed by atoms with E-state index in [0.717, 1.165) is 105 Å². The summed E-state index contributed by atoms with van der Waals surface area (Å²) >= 11 is 0. The van der Waals surface area contributed by atoms with Gasteiger partial charge in [0.2, 0.25) is 0 Å². The predicted molar refractivity (Wildman–Crippen MR) is 255 cm³/mol. The van der Waals surface area contributed by atoms with E-state index >= 15 is 0 Å². The van der Waals surface area contributed by atoms with E-state index in [1.165, 1.54) is 11.1 Å². The molecule has 3 aromatic heterocycles. The molecule has 0 spiro atoms. The second-order valence-electron chi connectivity index (χ2n) is 15.8. The van der Waals surface area contributed by atoms with Crippen molar-refractivity contribution in [1.82, 2.24) is 9.97 Å². The van der Waals surface area contributed by atoms with Gasteiger partial charge in [0.05, 0.1) is 11.4 Å². The summed E-state index contributed by atoms with van der Waals surface area (Å²) in [5.41, 5.74) is 17.1. The molecule has 0 saturated carbocycles. The lowest BCUT2D eigenvalue weighted by molar-refractivity contribution is 0.668. The monoisotopic (exact) mass is 792 g/mol. The molecule has 0 N–H and O–H groups in total. The first-order chi connectivity index (χ1) is 30.7. The Labute approximate surface area is 358 Å². The summed E-state index contributed by atoms with van der Waals surface area (Å²) in [4.78, 5) is 10.7. The largest absolute Gasteiger partial charge is 0.456 e. The van der Waals surface area contributed by atoms with Crippen molar-refractivity contribution in [3.05, 3.63) is 218 Å². The van der Waals surface area contributed by atoms with Gasteiger partial charge in [0.15, 0.2) is 5.82 Å². The Bertz CT molecular complexity index is 3490. The SMILES string of the molecule is c1ccc(-c2ccc(-c3cccc(-c4cc(-c5ccccc5)nc(-c5cc(-c6ccc7oc8ccccc8c7c6)cc(-c6ccc7oc8ccccc8c7c6)c5)n4)c3)cc2)cc1. The summed E-state index contributed by atoms with van der Waals surface area (Å²) in [6, 6.07) is 76.4. The molecule has 62 heavy (non-hydrogen) atoms. The number of benzene rings is 9. The van der Waals surface area contributed by atoms with E-state index in [4.69, 9.17) is 18.8 Å². The standard InChI is InChI=1S/C58H36N2O2/c1-3-12-37(13-4-1)38-22-24-39(25-23-38)41-16-11-17-44(30-41)53-36-52(40-14-5-2-6-15-40)59-58(60-53)47-32-45(42-26-28-56-50(34-42)48-18-7-9-20-54(48)61-56)31-46(33-47)43-27-29-57-51(35-43)49-19-8-10-21-55(49)62-57/h1-36H. The lowest BCUT2D eigenvalue weighted by Gasteiger charge is -2.14. The second-order valence-corrected chi connectivity index (χ2v) is 15.8. The maximum absolute atomic E-state index is 6.24. The predicted octanol–water partition coefficient (Wildman–Crippen LogP) is 15.9. The highest BCUT2D eigenvalue weighted by atomic mass is 16.3. The van der Waals surface area contributed by atoms with Gasteiger partial charge in [0.1, 0.15) is 22.3 Å². The first kappa shape index (κ1) is 35.6. The van der Waals surface area contributed by atoms with Crippen LogP contribution in [0.2, 0.25) is 0 Å². The van der Waals surface area contributed by atoms with Crippen molar-refractivity contribution in [2.45, 2.75) is 0 Å². The zero-order chi connectivity index (χ0) is 41.0. The van der Waals surface area contributed by atoms with Crippen LogP contribution in [-0.4, -0.2) is 9.97 Å². The number of nitrogens with zero attached hydrogens (tertiary/aromatic N) is 2. The van der Waals surface area contributed by atoms with Crippen LogP contribution in [0.15, 0.2) is 227 Å². The maximum atomic E-state index is 6.24. The van der Waals surface area contributed by atoms with Gasteiger partial charge in [-0.3, -0.25) is 0 Å². The van der Waals surface area contributed by atoms with Crippen molar-refractivity contribution in [2.75, 3.05) is 0 Å². The molecule has 0 amide bonds. The Kier molecular flexibility index (Phi) is 8.46. The average Bonchev–Trinajstić information content (AvgIpc) is 3.92. The van der Waals surface area contributed by atoms with Crippen molar-refractivity contribution in [2.24, 2.45) is 0 Å². The van der Waals surface area contributed by atoms with Crippen LogP contribution in [0.4, 0.5) is 0 Å². The number of furan rings is 2. The third-order valence-corrected chi connectivity index (χ3v) is 11.9. The fraction of sp³-hybridized carbons (Fsp3) is 0. The molecule has 12 rings (SSSR count). The molecule has 290 valence electrons. The van der Waals surface area contributed by atoms with Crippen molar-refractivity contribution in [3.8, 4) is 78.4 Å². The van der Waals surface area contributed by atoms with E-state index < -0.39 is 0 Å². The molecule has 0 fully saturated rings. The minimum atomic E-state index is 0.645. The van der Waals surface area contributed by atoms with E-state index in [2.05, 4.69) is 182 Å². The number of hydrogen-bond donors (Lipinski definition) is 0. The highest BCUT2D eigenvalue weighted by Gasteiger charge is 2.17. The Morgan fingerprint density at radius 2 is 0.613 bits per heavy atom. The number of hydrogen-bond acceptors (Lipinski definition) is 4. The zero-order valence-electron chi connectivity index (χ0n) is 33.5. The minimum absolute atomic E-state index is 0.645. The van der Waals surface area contributed by atoms with Gasteiger partial charge in [-0.1, -0.05) is 152 Å². The van der Waals surface area contributed by atoms with Crippen LogP contribution in [0.3, 0.4) is 0 Å². The normalized spacial score (nSPS) is 11.5. The molecule has 0 aliphatic carbocycles. The molecule has 0 radical (unpaired) electrons. The fourth-order valence-electron chi connectivity index (χ4n) is 8.73. The molecule has 9 aromatic carbocycles. The van der Waals surface area contributed by atoms with Gasteiger partial charge < -0.3 is 8.83 Å². The van der Waals surface area contributed by atoms with Gasteiger partial charge in [0.25, 0.3) is 0 Å². The number of fused-ring (bicyclic) bond motifs is 6. The van der Waals surface area contributed by atoms with Crippen molar-refractivity contribution >= 4 is 43.9 Å². The molecule has 0 atom stereocenters. The minimum Gasteiger partial charge on any atom is -0.456 e. The molecule has 0 bridgehead atoms. The Morgan fingerprint density at radius 1 is 0.226 bits per heavy atom. The van der Waals surface area contributed by atoms with Crippen LogP contribution in [0.5, 0.6) is 0 Å². The van der Waals surface area contributed by atoms with Gasteiger partial charge in [-0.25, -0.2) is 9.97 Å². The fourth-order valence-corrected chi connectivity index (χ4v) is 8.73. The number of para-hydroxylation sites is 2. The van der Waals surface area contributed by atoms with E-state index in [1.807, 2.05) is 36.4 Å². The zero-order valence-corrected chi connectivity index (χ0v) is 33.5. The Balaban J connectivity index is 1.03. The first-order valence-corrected chi connectivity index (χ1v) is 20.9. The maximum Gasteiger partial charge on any atom is 0.160 e. The lowest BCUT2D eigenvalue weighted by Crippen LogP contribution is -1.97. The smallest absolute Gasteiger partial charge is 0.160 e. The van der Waals surface area contributed by atoms with Crippen LogP contribution < -0.4 is 0 Å². The summed E-state index contributed by atoms with van der Waals surface area (Å²) in [7, 11) is 0. The molecular formula is C58H36N2O2. The van der Waals surface area contributed by atoms with Crippen LogP contribution in [0.1, 0.15) is 0 Å². The van der Waals surface area contributed by atoms with Crippen LogP contribution in [-0.2, 0) is 0 Å².